The molecule has 0 aliphatic carbocycles. The zero-order valence-corrected chi connectivity index (χ0v) is 11.2. The Kier molecular flexibility index (Phi) is 2.80. The minimum Gasteiger partial charge on any atom is -0.271 e. The van der Waals surface area contributed by atoms with Crippen molar-refractivity contribution in [3.05, 3.63) is 34.9 Å². The Balaban J connectivity index is 2.50. The van der Waals surface area contributed by atoms with Gasteiger partial charge in [-0.05, 0) is 19.1 Å². The molecule has 1 amide bonds. The molecule has 0 saturated heterocycles. The van der Waals surface area contributed by atoms with Crippen LogP contribution < -0.4 is 0 Å². The first kappa shape index (κ1) is 11.6. The van der Waals surface area contributed by atoms with Crippen LogP contribution in [0.25, 0.3) is 0 Å². The standard InChI is InChI=1S/C11H10BrClN2O/c1-11(12)9(14-15(2)10(11)16)7-4-3-5-8(13)6-7/h3-6H,1-2H3. The molecule has 0 bridgehead atoms. The largest absolute Gasteiger partial charge is 0.271 e. The Hall–Kier alpha value is -0.870. The van der Waals surface area contributed by atoms with E-state index in [1.165, 1.54) is 5.01 Å². The molecule has 0 N–H and O–H groups in total. The summed E-state index contributed by atoms with van der Waals surface area (Å²) < 4.78 is -0.771. The maximum Gasteiger partial charge on any atom is 0.265 e. The van der Waals surface area contributed by atoms with E-state index in [9.17, 15) is 4.79 Å². The van der Waals surface area contributed by atoms with E-state index in [1.54, 1.807) is 26.1 Å². The van der Waals surface area contributed by atoms with Crippen molar-refractivity contribution in [3.63, 3.8) is 0 Å². The highest BCUT2D eigenvalue weighted by atomic mass is 79.9. The number of hydrazone groups is 1. The fourth-order valence-electron chi connectivity index (χ4n) is 1.66. The number of benzene rings is 1. The van der Waals surface area contributed by atoms with E-state index in [0.29, 0.717) is 10.7 Å². The maximum absolute atomic E-state index is 11.8. The van der Waals surface area contributed by atoms with Gasteiger partial charge in [-0.3, -0.25) is 4.79 Å². The lowest BCUT2D eigenvalue weighted by Crippen LogP contribution is -2.37. The number of amides is 1. The Bertz CT molecular complexity index is 485. The predicted molar refractivity (Wildman–Crippen MR) is 68.1 cm³/mol. The lowest BCUT2D eigenvalue weighted by molar-refractivity contribution is -0.128. The molecule has 1 aromatic rings. The third kappa shape index (κ3) is 1.76. The fourth-order valence-corrected chi connectivity index (χ4v) is 2.41. The number of hydrogen-bond acceptors (Lipinski definition) is 2. The number of alkyl halides is 1. The second kappa shape index (κ2) is 3.86. The van der Waals surface area contributed by atoms with E-state index < -0.39 is 4.32 Å². The van der Waals surface area contributed by atoms with Crippen LogP contribution in [0.1, 0.15) is 12.5 Å². The van der Waals surface area contributed by atoms with Crippen LogP contribution in [0.3, 0.4) is 0 Å². The van der Waals surface area contributed by atoms with E-state index in [2.05, 4.69) is 21.0 Å². The van der Waals surface area contributed by atoms with E-state index in [-0.39, 0.29) is 5.91 Å². The van der Waals surface area contributed by atoms with Crippen LogP contribution in [0, 0.1) is 0 Å². The lowest BCUT2D eigenvalue weighted by atomic mass is 9.98. The topological polar surface area (TPSA) is 32.7 Å². The molecule has 16 heavy (non-hydrogen) atoms. The summed E-state index contributed by atoms with van der Waals surface area (Å²) in [5.74, 6) is -0.0810. The van der Waals surface area contributed by atoms with Gasteiger partial charge in [0.1, 0.15) is 4.32 Å². The van der Waals surface area contributed by atoms with Crippen molar-refractivity contribution in [1.29, 1.82) is 0 Å². The van der Waals surface area contributed by atoms with Gasteiger partial charge < -0.3 is 0 Å². The van der Waals surface area contributed by atoms with Crippen molar-refractivity contribution in [2.45, 2.75) is 11.2 Å². The van der Waals surface area contributed by atoms with E-state index in [0.717, 1.165) is 5.56 Å². The molecule has 0 saturated carbocycles. The molecule has 1 aliphatic heterocycles. The number of hydrogen-bond donors (Lipinski definition) is 0. The number of halogens is 2. The summed E-state index contributed by atoms with van der Waals surface area (Å²) in [4.78, 5) is 11.8. The van der Waals surface area contributed by atoms with Gasteiger partial charge in [0.15, 0.2) is 0 Å². The summed E-state index contributed by atoms with van der Waals surface area (Å²) in [5, 5.41) is 6.20. The highest BCUT2D eigenvalue weighted by molar-refractivity contribution is 9.10. The first-order valence-corrected chi connectivity index (χ1v) is 5.92. The Morgan fingerprint density at radius 2 is 2.19 bits per heavy atom. The molecule has 1 aliphatic rings. The Morgan fingerprint density at radius 3 is 2.69 bits per heavy atom. The molecule has 0 fully saturated rings. The zero-order valence-electron chi connectivity index (χ0n) is 8.87. The maximum atomic E-state index is 11.8. The van der Waals surface area contributed by atoms with Gasteiger partial charge in [0.2, 0.25) is 0 Å². The number of carbonyl (C=O) groups is 1. The van der Waals surface area contributed by atoms with Gasteiger partial charge in [-0.2, -0.15) is 5.10 Å². The molecule has 0 spiro atoms. The summed E-state index contributed by atoms with van der Waals surface area (Å²) in [5.41, 5.74) is 1.53. The number of carbonyl (C=O) groups excluding carboxylic acids is 1. The molecule has 1 heterocycles. The summed E-state index contributed by atoms with van der Waals surface area (Å²) in [6.07, 6.45) is 0. The van der Waals surface area contributed by atoms with Gasteiger partial charge >= 0.3 is 0 Å². The first-order chi connectivity index (χ1) is 7.43. The van der Waals surface area contributed by atoms with E-state index in [4.69, 9.17) is 11.6 Å². The summed E-state index contributed by atoms with van der Waals surface area (Å²) in [6.45, 7) is 1.79. The number of nitrogens with zero attached hydrogens (tertiary/aromatic N) is 2. The molecule has 3 nitrogen and oxygen atoms in total. The van der Waals surface area contributed by atoms with Crippen molar-refractivity contribution < 1.29 is 4.79 Å². The molecule has 5 heteroatoms. The molecular weight excluding hydrogens is 291 g/mol. The van der Waals surface area contributed by atoms with Crippen molar-refractivity contribution in [3.8, 4) is 0 Å². The molecule has 0 aromatic heterocycles. The summed E-state index contributed by atoms with van der Waals surface area (Å²) >= 11 is 9.33. The quantitative estimate of drug-likeness (QED) is 0.734. The average Bonchev–Trinajstić information content (AvgIpc) is 2.42. The summed E-state index contributed by atoms with van der Waals surface area (Å²) in [7, 11) is 1.64. The van der Waals surface area contributed by atoms with Crippen LogP contribution in [0.2, 0.25) is 5.02 Å². The van der Waals surface area contributed by atoms with Crippen molar-refractivity contribution in [2.75, 3.05) is 7.05 Å². The first-order valence-electron chi connectivity index (χ1n) is 4.75. The average molecular weight is 302 g/mol. The highest BCUT2D eigenvalue weighted by Gasteiger charge is 2.44. The second-order valence-electron chi connectivity index (χ2n) is 3.79. The van der Waals surface area contributed by atoms with Gasteiger partial charge in [0.05, 0.1) is 5.71 Å². The van der Waals surface area contributed by atoms with Crippen LogP contribution in [-0.4, -0.2) is 28.0 Å². The van der Waals surface area contributed by atoms with Crippen molar-refractivity contribution in [2.24, 2.45) is 5.10 Å². The normalized spacial score (nSPS) is 24.9. The second-order valence-corrected chi connectivity index (χ2v) is 5.81. The molecule has 2 rings (SSSR count). The van der Waals surface area contributed by atoms with Gasteiger partial charge in [-0.25, -0.2) is 5.01 Å². The minimum atomic E-state index is -0.771. The SMILES string of the molecule is CN1N=C(c2cccc(Cl)c2)C(C)(Br)C1=O. The van der Waals surface area contributed by atoms with Gasteiger partial charge in [0.25, 0.3) is 5.91 Å². The highest BCUT2D eigenvalue weighted by Crippen LogP contribution is 2.32. The van der Waals surface area contributed by atoms with Gasteiger partial charge in [0, 0.05) is 17.6 Å². The smallest absolute Gasteiger partial charge is 0.265 e. The van der Waals surface area contributed by atoms with Crippen LogP contribution in [0.15, 0.2) is 29.4 Å². The minimum absolute atomic E-state index is 0.0810. The molecule has 1 atom stereocenters. The monoisotopic (exact) mass is 300 g/mol. The Labute approximate surface area is 107 Å². The van der Waals surface area contributed by atoms with Gasteiger partial charge in [-0.1, -0.05) is 39.7 Å². The molecule has 1 unspecified atom stereocenters. The Morgan fingerprint density at radius 1 is 1.50 bits per heavy atom. The summed E-state index contributed by atoms with van der Waals surface area (Å²) in [6, 6.07) is 7.31. The fraction of sp³-hybridized carbons (Fsp3) is 0.273. The molecule has 84 valence electrons. The van der Waals surface area contributed by atoms with Crippen LogP contribution in [-0.2, 0) is 4.79 Å². The van der Waals surface area contributed by atoms with Crippen LogP contribution in [0.4, 0.5) is 0 Å². The van der Waals surface area contributed by atoms with Crippen molar-refractivity contribution in [1.82, 2.24) is 5.01 Å². The van der Waals surface area contributed by atoms with Gasteiger partial charge in [-0.15, -0.1) is 0 Å². The van der Waals surface area contributed by atoms with Crippen LogP contribution in [0.5, 0.6) is 0 Å². The van der Waals surface area contributed by atoms with E-state index >= 15 is 0 Å². The van der Waals surface area contributed by atoms with E-state index in [1.807, 2.05) is 12.1 Å². The third-order valence-electron chi connectivity index (χ3n) is 2.49. The third-order valence-corrected chi connectivity index (χ3v) is 3.44. The predicted octanol–water partition coefficient (Wildman–Crippen LogP) is 2.67. The molecule has 0 radical (unpaired) electrons. The molecular formula is C11H10BrClN2O. The molecule has 1 aromatic carbocycles. The lowest BCUT2D eigenvalue weighted by Gasteiger charge is -2.15. The van der Waals surface area contributed by atoms with Crippen molar-refractivity contribution >= 4 is 39.1 Å². The number of rotatable bonds is 1. The van der Waals surface area contributed by atoms with Crippen LogP contribution >= 0.6 is 27.5 Å². The zero-order chi connectivity index (χ0) is 11.9.